The lowest BCUT2D eigenvalue weighted by atomic mass is 9.75. The Labute approximate surface area is 173 Å². The molecule has 0 aliphatic carbocycles. The van der Waals surface area contributed by atoms with E-state index in [2.05, 4.69) is 10.00 Å². The Balaban J connectivity index is 1.50. The van der Waals surface area contributed by atoms with Gasteiger partial charge in [0.05, 0.1) is 41.3 Å². The topological polar surface area (TPSA) is 68.7 Å². The first-order valence-corrected chi connectivity index (χ1v) is 10.2. The number of nitrogens with two attached hydrogens (primary N) is 1. The molecule has 5 rings (SSSR count). The summed E-state index contributed by atoms with van der Waals surface area (Å²) in [7, 11) is 0. The van der Waals surface area contributed by atoms with E-state index in [1.54, 1.807) is 12.3 Å². The molecular formula is C20H21Cl2N5O. The highest BCUT2D eigenvalue weighted by Gasteiger charge is 2.44. The lowest BCUT2D eigenvalue weighted by Crippen LogP contribution is -2.49. The summed E-state index contributed by atoms with van der Waals surface area (Å²) < 4.78 is 7.52. The van der Waals surface area contributed by atoms with Crippen LogP contribution in [0.5, 0.6) is 0 Å². The van der Waals surface area contributed by atoms with Crippen LogP contribution in [0.4, 0.5) is 5.82 Å². The third-order valence-electron chi connectivity index (χ3n) is 6.17. The van der Waals surface area contributed by atoms with Gasteiger partial charge in [-0.05, 0) is 25.0 Å². The molecule has 28 heavy (non-hydrogen) atoms. The van der Waals surface area contributed by atoms with Gasteiger partial charge in [-0.25, -0.2) is 9.50 Å². The van der Waals surface area contributed by atoms with E-state index in [0.29, 0.717) is 16.7 Å². The second-order valence-electron chi connectivity index (χ2n) is 7.67. The molecule has 0 radical (unpaired) electrons. The zero-order chi connectivity index (χ0) is 19.3. The lowest BCUT2D eigenvalue weighted by molar-refractivity contribution is 0.132. The molecule has 6 nitrogen and oxygen atoms in total. The highest BCUT2D eigenvalue weighted by molar-refractivity contribution is 6.43. The predicted octanol–water partition coefficient (Wildman–Crippen LogP) is 3.65. The van der Waals surface area contributed by atoms with Crippen LogP contribution in [0, 0.1) is 5.41 Å². The fourth-order valence-electron chi connectivity index (χ4n) is 4.39. The highest BCUT2D eigenvalue weighted by atomic mass is 35.5. The second-order valence-corrected chi connectivity index (χ2v) is 8.45. The molecule has 2 aliphatic heterocycles. The standard InChI is InChI=1S/C20H21Cl2N5O/c21-14-3-1-2-13(18(14)22)16-10-24-19(15-4-7-25-27(15)16)26-8-5-20(6-9-26)12-28-11-17(20)23/h1-4,7,10,17H,5-6,8-9,11-12,23H2/t17-/m1/s1. The van der Waals surface area contributed by atoms with Gasteiger partial charge in [-0.15, -0.1) is 0 Å². The molecule has 3 aromatic rings. The average Bonchev–Trinajstić information content (AvgIpc) is 3.32. The van der Waals surface area contributed by atoms with Gasteiger partial charge in [0.15, 0.2) is 5.82 Å². The average molecular weight is 418 g/mol. The summed E-state index contributed by atoms with van der Waals surface area (Å²) in [6.07, 6.45) is 5.63. The van der Waals surface area contributed by atoms with Gasteiger partial charge in [0, 0.05) is 30.1 Å². The Bertz CT molecular complexity index is 1030. The molecule has 4 heterocycles. The number of aromatic nitrogens is 3. The number of hydrogen-bond acceptors (Lipinski definition) is 5. The minimum Gasteiger partial charge on any atom is -0.379 e. The molecular weight excluding hydrogens is 397 g/mol. The maximum absolute atomic E-state index is 6.43. The third kappa shape index (κ3) is 2.78. The summed E-state index contributed by atoms with van der Waals surface area (Å²) >= 11 is 12.6. The molecule has 1 atom stereocenters. The molecule has 0 bridgehead atoms. The van der Waals surface area contributed by atoms with E-state index in [9.17, 15) is 0 Å². The van der Waals surface area contributed by atoms with Crippen LogP contribution in [-0.4, -0.2) is 46.9 Å². The Morgan fingerprint density at radius 3 is 2.75 bits per heavy atom. The van der Waals surface area contributed by atoms with Gasteiger partial charge in [-0.2, -0.15) is 5.10 Å². The van der Waals surface area contributed by atoms with E-state index in [-0.39, 0.29) is 11.5 Å². The van der Waals surface area contributed by atoms with Crippen molar-refractivity contribution in [2.24, 2.45) is 11.1 Å². The van der Waals surface area contributed by atoms with E-state index >= 15 is 0 Å². The number of fused-ring (bicyclic) bond motifs is 1. The van der Waals surface area contributed by atoms with Crippen molar-refractivity contribution in [1.82, 2.24) is 14.6 Å². The maximum Gasteiger partial charge on any atom is 0.154 e. The molecule has 0 amide bonds. The van der Waals surface area contributed by atoms with Gasteiger partial charge < -0.3 is 15.4 Å². The molecule has 0 unspecified atom stereocenters. The normalized spacial score (nSPS) is 21.7. The molecule has 2 saturated heterocycles. The van der Waals surface area contributed by atoms with E-state index in [0.717, 1.165) is 55.1 Å². The maximum atomic E-state index is 6.43. The minimum absolute atomic E-state index is 0.112. The summed E-state index contributed by atoms with van der Waals surface area (Å²) in [6.45, 7) is 3.24. The van der Waals surface area contributed by atoms with E-state index in [1.807, 2.05) is 28.9 Å². The van der Waals surface area contributed by atoms with E-state index in [1.165, 1.54) is 0 Å². The van der Waals surface area contributed by atoms with Crippen LogP contribution < -0.4 is 10.6 Å². The number of nitrogens with zero attached hydrogens (tertiary/aromatic N) is 4. The van der Waals surface area contributed by atoms with Crippen LogP contribution in [0.25, 0.3) is 16.8 Å². The van der Waals surface area contributed by atoms with Crippen LogP contribution in [0.1, 0.15) is 12.8 Å². The molecule has 8 heteroatoms. The predicted molar refractivity (Wildman–Crippen MR) is 111 cm³/mol. The van der Waals surface area contributed by atoms with Gasteiger partial charge in [-0.1, -0.05) is 35.3 Å². The lowest BCUT2D eigenvalue weighted by Gasteiger charge is -2.41. The summed E-state index contributed by atoms with van der Waals surface area (Å²) in [5, 5.41) is 5.53. The first-order chi connectivity index (χ1) is 13.6. The fraction of sp³-hybridized carbons (Fsp3) is 0.400. The molecule has 1 spiro atoms. The summed E-state index contributed by atoms with van der Waals surface area (Å²) in [6, 6.07) is 7.70. The van der Waals surface area contributed by atoms with Crippen molar-refractivity contribution in [3.63, 3.8) is 0 Å². The SMILES string of the molecule is N[C@@H]1COCC12CCN(c1ncc(-c3cccc(Cl)c3Cl)n3nccc13)CC2. The van der Waals surface area contributed by atoms with Crippen molar-refractivity contribution >= 4 is 34.5 Å². The van der Waals surface area contributed by atoms with Gasteiger partial charge in [0.25, 0.3) is 0 Å². The highest BCUT2D eigenvalue weighted by Crippen LogP contribution is 2.40. The fourth-order valence-corrected chi connectivity index (χ4v) is 4.79. The van der Waals surface area contributed by atoms with Crippen LogP contribution in [0.3, 0.4) is 0 Å². The summed E-state index contributed by atoms with van der Waals surface area (Å²) in [4.78, 5) is 7.10. The zero-order valence-electron chi connectivity index (χ0n) is 15.3. The molecule has 2 N–H and O–H groups in total. The van der Waals surface area contributed by atoms with Crippen molar-refractivity contribution in [3.05, 3.63) is 46.7 Å². The molecule has 2 aliphatic rings. The number of rotatable bonds is 2. The van der Waals surface area contributed by atoms with Gasteiger partial charge in [-0.3, -0.25) is 0 Å². The number of anilines is 1. The number of piperidine rings is 1. The molecule has 0 saturated carbocycles. The van der Waals surface area contributed by atoms with Crippen molar-refractivity contribution in [3.8, 4) is 11.3 Å². The third-order valence-corrected chi connectivity index (χ3v) is 6.99. The quantitative estimate of drug-likeness (QED) is 0.688. The molecule has 146 valence electrons. The Kier molecular flexibility index (Phi) is 4.47. The summed E-state index contributed by atoms with van der Waals surface area (Å²) in [5.74, 6) is 0.932. The van der Waals surface area contributed by atoms with Gasteiger partial charge in [0.1, 0.15) is 5.52 Å². The Hall–Kier alpha value is -1.86. The van der Waals surface area contributed by atoms with Crippen molar-refractivity contribution in [2.75, 3.05) is 31.2 Å². The Morgan fingerprint density at radius 1 is 1.18 bits per heavy atom. The van der Waals surface area contributed by atoms with Crippen LogP contribution in [-0.2, 0) is 4.74 Å². The number of halogens is 2. The van der Waals surface area contributed by atoms with Crippen molar-refractivity contribution < 1.29 is 4.74 Å². The van der Waals surface area contributed by atoms with Crippen molar-refractivity contribution in [1.29, 1.82) is 0 Å². The summed E-state index contributed by atoms with van der Waals surface area (Å²) in [5.41, 5.74) is 9.01. The Morgan fingerprint density at radius 2 is 2.00 bits per heavy atom. The second kappa shape index (κ2) is 6.88. The molecule has 2 aromatic heterocycles. The van der Waals surface area contributed by atoms with Crippen LogP contribution >= 0.6 is 23.2 Å². The smallest absolute Gasteiger partial charge is 0.154 e. The zero-order valence-corrected chi connectivity index (χ0v) is 16.8. The van der Waals surface area contributed by atoms with Gasteiger partial charge >= 0.3 is 0 Å². The largest absolute Gasteiger partial charge is 0.379 e. The first kappa shape index (κ1) is 18.2. The monoisotopic (exact) mass is 417 g/mol. The number of hydrogen-bond donors (Lipinski definition) is 1. The number of ether oxygens (including phenoxy) is 1. The first-order valence-electron chi connectivity index (χ1n) is 9.44. The van der Waals surface area contributed by atoms with Gasteiger partial charge in [0.2, 0.25) is 0 Å². The van der Waals surface area contributed by atoms with E-state index in [4.69, 9.17) is 38.7 Å². The molecule has 2 fully saturated rings. The van der Waals surface area contributed by atoms with Crippen LogP contribution in [0.15, 0.2) is 36.7 Å². The van der Waals surface area contributed by atoms with Crippen molar-refractivity contribution in [2.45, 2.75) is 18.9 Å². The van der Waals surface area contributed by atoms with Crippen LogP contribution in [0.2, 0.25) is 10.0 Å². The minimum atomic E-state index is 0.112. The molecule has 1 aromatic carbocycles. The van der Waals surface area contributed by atoms with E-state index < -0.39 is 0 Å². The number of benzene rings is 1.